The third kappa shape index (κ3) is 6.23. The van der Waals surface area contributed by atoms with Crippen molar-refractivity contribution in [3.8, 4) is 0 Å². The molecule has 6 fully saturated rings. The van der Waals surface area contributed by atoms with Crippen LogP contribution < -0.4 is 0 Å². The largest absolute Gasteiger partial charge is 0.479 e. The average Bonchev–Trinajstić information content (AvgIpc) is 3.10. The fourth-order valence-corrected chi connectivity index (χ4v) is 13.8. The van der Waals surface area contributed by atoms with E-state index in [4.69, 9.17) is 18.9 Å². The fourth-order valence-electron chi connectivity index (χ4n) is 13.8. The molecule has 5 aliphatic carbocycles. The van der Waals surface area contributed by atoms with E-state index in [1.807, 2.05) is 0 Å². The second-order valence-corrected chi connectivity index (χ2v) is 21.0. The van der Waals surface area contributed by atoms with E-state index in [0.717, 1.165) is 44.9 Å². The molecule has 0 aromatic rings. The summed E-state index contributed by atoms with van der Waals surface area (Å²) in [5.41, 5.74) is -0.477. The first-order valence-corrected chi connectivity index (χ1v) is 20.7. The lowest BCUT2D eigenvalue weighted by Gasteiger charge is -2.72. The summed E-state index contributed by atoms with van der Waals surface area (Å²) in [5, 5.41) is 84.6. The Morgan fingerprint density at radius 2 is 1.40 bits per heavy atom. The van der Waals surface area contributed by atoms with Gasteiger partial charge < -0.3 is 59.8 Å². The smallest absolute Gasteiger partial charge is 0.335 e. The second-order valence-electron chi connectivity index (χ2n) is 21.0. The van der Waals surface area contributed by atoms with Gasteiger partial charge in [0.05, 0.1) is 18.8 Å². The van der Waals surface area contributed by atoms with Crippen LogP contribution in [0.5, 0.6) is 0 Å². The molecule has 0 amide bonds. The van der Waals surface area contributed by atoms with E-state index in [0.29, 0.717) is 24.2 Å². The molecule has 7 rings (SSSR count). The molecular weight excluding hydrogens is 712 g/mol. The molecule has 0 unspecified atom stereocenters. The van der Waals surface area contributed by atoms with Crippen molar-refractivity contribution in [3.05, 3.63) is 12.2 Å². The normalized spacial score (nSPS) is 55.7. The summed E-state index contributed by atoms with van der Waals surface area (Å²) in [5.74, 6) is -0.221. The Bertz CT molecular complexity index is 1480. The Morgan fingerprint density at radius 1 is 0.709 bits per heavy atom. The minimum Gasteiger partial charge on any atom is -0.479 e. The molecule has 13 nitrogen and oxygen atoms in total. The topological polar surface area (TPSA) is 216 Å². The van der Waals surface area contributed by atoms with Gasteiger partial charge in [-0.3, -0.25) is 0 Å². The first-order valence-electron chi connectivity index (χ1n) is 20.7. The van der Waals surface area contributed by atoms with Crippen molar-refractivity contribution in [1.29, 1.82) is 0 Å². The van der Waals surface area contributed by atoms with E-state index >= 15 is 0 Å². The van der Waals surface area contributed by atoms with Gasteiger partial charge in [-0.25, -0.2) is 4.79 Å². The van der Waals surface area contributed by atoms with Crippen molar-refractivity contribution in [2.75, 3.05) is 6.61 Å². The Labute approximate surface area is 325 Å². The van der Waals surface area contributed by atoms with Crippen LogP contribution in [0.25, 0.3) is 0 Å². The Hall–Kier alpha value is -1.23. The average molecular weight is 781 g/mol. The van der Waals surface area contributed by atoms with Crippen molar-refractivity contribution < 1.29 is 64.6 Å². The lowest BCUT2D eigenvalue weighted by molar-refractivity contribution is -0.374. The zero-order valence-electron chi connectivity index (χ0n) is 33.9. The van der Waals surface area contributed by atoms with Crippen LogP contribution >= 0.6 is 0 Å². The number of aliphatic hydroxyl groups excluding tert-OH is 7. The van der Waals surface area contributed by atoms with Gasteiger partial charge in [0.2, 0.25) is 0 Å². The molecule has 0 aromatic heterocycles. The van der Waals surface area contributed by atoms with Crippen molar-refractivity contribution in [2.24, 2.45) is 56.2 Å². The highest BCUT2D eigenvalue weighted by atomic mass is 16.8. The number of carboxylic acid groups (broad SMARTS) is 1. The number of hydrogen-bond acceptors (Lipinski definition) is 12. The minimum absolute atomic E-state index is 0.0289. The number of ether oxygens (including phenoxy) is 4. The van der Waals surface area contributed by atoms with Gasteiger partial charge in [0.1, 0.15) is 42.7 Å². The maximum Gasteiger partial charge on any atom is 0.335 e. The third-order valence-corrected chi connectivity index (χ3v) is 17.3. The van der Waals surface area contributed by atoms with E-state index in [9.17, 15) is 45.6 Å². The predicted molar refractivity (Wildman–Crippen MR) is 198 cm³/mol. The van der Waals surface area contributed by atoms with Gasteiger partial charge in [0.15, 0.2) is 18.7 Å². The van der Waals surface area contributed by atoms with E-state index in [2.05, 4.69) is 67.5 Å². The van der Waals surface area contributed by atoms with Crippen molar-refractivity contribution in [1.82, 2.24) is 0 Å². The predicted octanol–water partition coefficient (Wildman–Crippen LogP) is 2.74. The van der Waals surface area contributed by atoms with E-state index in [-0.39, 0.29) is 39.1 Å². The van der Waals surface area contributed by atoms with Crippen LogP contribution in [0.3, 0.4) is 0 Å². The van der Waals surface area contributed by atoms with Gasteiger partial charge >= 0.3 is 5.97 Å². The molecule has 4 saturated carbocycles. The van der Waals surface area contributed by atoms with Gasteiger partial charge in [-0.2, -0.15) is 0 Å². The number of carbonyl (C=O) groups is 1. The number of aliphatic carboxylic acids is 1. The molecule has 8 N–H and O–H groups in total. The van der Waals surface area contributed by atoms with Gasteiger partial charge in [-0.15, -0.1) is 0 Å². The van der Waals surface area contributed by atoms with Crippen LogP contribution in [0.4, 0.5) is 0 Å². The molecule has 13 heteroatoms. The van der Waals surface area contributed by atoms with E-state index in [1.165, 1.54) is 0 Å². The van der Waals surface area contributed by atoms with Gasteiger partial charge in [-0.05, 0) is 108 Å². The summed E-state index contributed by atoms with van der Waals surface area (Å²) in [6.45, 7) is 18.1. The molecule has 2 heterocycles. The van der Waals surface area contributed by atoms with Crippen LogP contribution in [-0.2, 0) is 23.7 Å². The van der Waals surface area contributed by atoms with E-state index in [1.54, 1.807) is 0 Å². The van der Waals surface area contributed by atoms with Crippen LogP contribution in [0.2, 0.25) is 0 Å². The maximum atomic E-state index is 12.2. The SMILES string of the molecule is CC1(C)C[C@@H](O)[C@]2(C)CC[C@]3(C)[C@H](C=C[C@@H]4[C@@]5(C)CC[C@H](O[C@H]6O[C@@H](C(=O)O)[C@H](O)[C@@H](O)[C@@H]6O[C@H]6O[C@@H](CO)[C@H](O)[C@@H](O)[C@@H]6O)C(C)(C)[C@@H]5CC[C@]43C)[C@H]2C1. The molecule has 2 saturated heterocycles. The number of aliphatic hydroxyl groups is 7. The number of rotatable bonds is 6. The Morgan fingerprint density at radius 3 is 2.05 bits per heavy atom. The highest BCUT2D eigenvalue weighted by Crippen LogP contribution is 2.75. The molecule has 0 radical (unpaired) electrons. The van der Waals surface area contributed by atoms with Gasteiger partial charge in [0, 0.05) is 0 Å². The first-order chi connectivity index (χ1) is 25.5. The summed E-state index contributed by atoms with van der Waals surface area (Å²) in [4.78, 5) is 12.2. The van der Waals surface area contributed by atoms with Crippen molar-refractivity contribution in [3.63, 3.8) is 0 Å². The molecule has 0 aromatic carbocycles. The maximum absolute atomic E-state index is 12.2. The Balaban J connectivity index is 1.15. The number of fused-ring (bicyclic) bond motifs is 7. The molecule has 314 valence electrons. The summed E-state index contributed by atoms with van der Waals surface area (Å²) in [6.07, 6.45) is -5.16. The highest BCUT2D eigenvalue weighted by Gasteiger charge is 2.70. The molecule has 20 atom stereocenters. The van der Waals surface area contributed by atoms with E-state index < -0.39 is 85.5 Å². The van der Waals surface area contributed by atoms with Crippen LogP contribution in [0.1, 0.15) is 107 Å². The Kier molecular flexibility index (Phi) is 10.6. The van der Waals surface area contributed by atoms with Gasteiger partial charge in [0.25, 0.3) is 0 Å². The highest BCUT2D eigenvalue weighted by molar-refractivity contribution is 5.73. The monoisotopic (exact) mass is 780 g/mol. The third-order valence-electron chi connectivity index (χ3n) is 17.3. The van der Waals surface area contributed by atoms with Crippen LogP contribution in [0.15, 0.2) is 12.2 Å². The van der Waals surface area contributed by atoms with Crippen molar-refractivity contribution in [2.45, 2.75) is 180 Å². The molecule has 0 spiro atoms. The van der Waals surface area contributed by atoms with Crippen LogP contribution in [-0.4, -0.2) is 127 Å². The number of carboxylic acids is 1. The standard InChI is InChI=1S/C42H68O13/c1-37(2)17-21-20-9-10-24-40(6)13-12-26(38(3,4)23(40)11-14-42(24,8)41(20,7)16-15-39(21,5)25(44)18-37)53-36-33(30(48)29(47)32(54-36)34(50)51)55-35-31(49)28(46)27(45)22(19-43)52-35/h9-10,20-33,35-36,43-49H,11-19H2,1-8H3,(H,50,51)/t20-,21-,22+,23+,24-,25-,26+,27+,28-,29-,30-,31+,32-,33+,35-,36+,39-,40+,41-,42-/m1/s1. The van der Waals surface area contributed by atoms with Crippen molar-refractivity contribution >= 4 is 5.97 Å². The fraction of sp³-hybridized carbons (Fsp3) is 0.929. The zero-order valence-corrected chi connectivity index (χ0v) is 33.9. The minimum atomic E-state index is -1.92. The molecule has 7 aliphatic rings. The summed E-state index contributed by atoms with van der Waals surface area (Å²) < 4.78 is 24.0. The van der Waals surface area contributed by atoms with Gasteiger partial charge in [-0.1, -0.05) is 67.5 Å². The molecule has 55 heavy (non-hydrogen) atoms. The molecule has 2 aliphatic heterocycles. The summed E-state index contributed by atoms with van der Waals surface area (Å²) in [6, 6.07) is 0. The molecule has 0 bridgehead atoms. The van der Waals surface area contributed by atoms with Crippen LogP contribution in [0, 0.1) is 56.2 Å². The lowest BCUT2D eigenvalue weighted by Crippen LogP contribution is -2.68. The first kappa shape index (κ1) is 41.9. The summed E-state index contributed by atoms with van der Waals surface area (Å²) >= 11 is 0. The lowest BCUT2D eigenvalue weighted by atomic mass is 9.33. The quantitative estimate of drug-likeness (QED) is 0.144. The number of allylic oxidation sites excluding steroid dienone is 2. The number of hydrogen-bond donors (Lipinski definition) is 8. The molecular formula is C42H68O13. The zero-order chi connectivity index (χ0) is 40.4. The second kappa shape index (κ2) is 13.9. The summed E-state index contributed by atoms with van der Waals surface area (Å²) in [7, 11) is 0.